The van der Waals surface area contributed by atoms with Gasteiger partial charge in [0.2, 0.25) is 15.9 Å². The number of nitrogens with one attached hydrogen (secondary N) is 3. The van der Waals surface area contributed by atoms with E-state index in [4.69, 9.17) is 0 Å². The van der Waals surface area contributed by atoms with Crippen molar-refractivity contribution >= 4 is 21.7 Å². The van der Waals surface area contributed by atoms with Gasteiger partial charge >= 0.3 is 0 Å². The summed E-state index contributed by atoms with van der Waals surface area (Å²) in [6.07, 6.45) is 1.60. The first kappa shape index (κ1) is 17.4. The number of sulfonamides is 1. The van der Waals surface area contributed by atoms with Crippen LogP contribution in [0.2, 0.25) is 0 Å². The first-order chi connectivity index (χ1) is 9.86. The Kier molecular flexibility index (Phi) is 6.57. The van der Waals surface area contributed by atoms with E-state index in [1.807, 2.05) is 13.8 Å². The second kappa shape index (κ2) is 7.94. The molecular formula is C13H22N4O3S. The Bertz CT molecular complexity index is 573. The molecule has 0 saturated heterocycles. The molecule has 21 heavy (non-hydrogen) atoms. The van der Waals surface area contributed by atoms with E-state index in [1.165, 1.54) is 12.3 Å². The molecule has 0 atom stereocenters. The third-order valence-corrected chi connectivity index (χ3v) is 4.14. The van der Waals surface area contributed by atoms with Crippen molar-refractivity contribution in [1.82, 2.24) is 15.0 Å². The molecular weight excluding hydrogens is 292 g/mol. The van der Waals surface area contributed by atoms with Crippen molar-refractivity contribution < 1.29 is 13.2 Å². The Morgan fingerprint density at radius 1 is 1.38 bits per heavy atom. The molecule has 0 aliphatic carbocycles. The Morgan fingerprint density at radius 3 is 2.71 bits per heavy atom. The molecule has 0 spiro atoms. The van der Waals surface area contributed by atoms with Crippen LogP contribution in [-0.2, 0) is 14.8 Å². The highest BCUT2D eigenvalue weighted by molar-refractivity contribution is 7.89. The third kappa shape index (κ3) is 5.68. The summed E-state index contributed by atoms with van der Waals surface area (Å²) in [6, 6.07) is 3.00. The maximum Gasteiger partial charge on any atom is 0.244 e. The van der Waals surface area contributed by atoms with Gasteiger partial charge in [0.1, 0.15) is 10.7 Å². The predicted octanol–water partition coefficient (Wildman–Crippen LogP) is 0.564. The average Bonchev–Trinajstić information content (AvgIpc) is 2.44. The molecule has 0 radical (unpaired) electrons. The Morgan fingerprint density at radius 2 is 2.10 bits per heavy atom. The summed E-state index contributed by atoms with van der Waals surface area (Å²) in [5.41, 5.74) is 0. The van der Waals surface area contributed by atoms with E-state index in [-0.39, 0.29) is 29.6 Å². The second-order valence-electron chi connectivity index (χ2n) is 4.95. The lowest BCUT2D eigenvalue weighted by molar-refractivity contribution is -0.121. The molecule has 7 nitrogen and oxygen atoms in total. The first-order valence-electron chi connectivity index (χ1n) is 6.76. The van der Waals surface area contributed by atoms with Crippen LogP contribution in [0.15, 0.2) is 23.2 Å². The van der Waals surface area contributed by atoms with Crippen LogP contribution < -0.4 is 15.4 Å². The summed E-state index contributed by atoms with van der Waals surface area (Å²) < 4.78 is 26.7. The predicted molar refractivity (Wildman–Crippen MR) is 81.4 cm³/mol. The number of anilines is 1. The molecule has 0 bridgehead atoms. The minimum absolute atomic E-state index is 0.0459. The number of carbonyl (C=O) groups excluding carboxylic acids is 1. The zero-order chi connectivity index (χ0) is 15.9. The summed E-state index contributed by atoms with van der Waals surface area (Å²) in [6.45, 7) is 4.61. The van der Waals surface area contributed by atoms with Crippen LogP contribution in [0, 0.1) is 5.92 Å². The van der Waals surface area contributed by atoms with Crippen LogP contribution in [0.5, 0.6) is 0 Å². The lowest BCUT2D eigenvalue weighted by Crippen LogP contribution is -2.32. The number of hydrogen-bond donors (Lipinski definition) is 3. The smallest absolute Gasteiger partial charge is 0.244 e. The summed E-state index contributed by atoms with van der Waals surface area (Å²) in [7, 11) is -2.09. The van der Waals surface area contributed by atoms with Gasteiger partial charge in [0.05, 0.1) is 0 Å². The van der Waals surface area contributed by atoms with Crippen molar-refractivity contribution in [3.8, 4) is 0 Å². The van der Waals surface area contributed by atoms with Gasteiger partial charge in [-0.25, -0.2) is 18.1 Å². The Labute approximate surface area is 125 Å². The van der Waals surface area contributed by atoms with E-state index >= 15 is 0 Å². The highest BCUT2D eigenvalue weighted by atomic mass is 32.2. The van der Waals surface area contributed by atoms with Gasteiger partial charge in [0, 0.05) is 32.8 Å². The van der Waals surface area contributed by atoms with Gasteiger partial charge < -0.3 is 10.6 Å². The van der Waals surface area contributed by atoms with Gasteiger partial charge in [-0.05, 0) is 18.1 Å². The molecule has 118 valence electrons. The Hall–Kier alpha value is -1.67. The van der Waals surface area contributed by atoms with E-state index in [0.717, 1.165) is 0 Å². The first-order valence-corrected chi connectivity index (χ1v) is 8.24. The monoisotopic (exact) mass is 314 g/mol. The fraction of sp³-hybridized carbons (Fsp3) is 0.538. The van der Waals surface area contributed by atoms with Crippen LogP contribution in [0.4, 0.5) is 5.82 Å². The highest BCUT2D eigenvalue weighted by Crippen LogP contribution is 2.16. The van der Waals surface area contributed by atoms with Crippen LogP contribution in [0.1, 0.15) is 20.3 Å². The molecule has 0 saturated carbocycles. The van der Waals surface area contributed by atoms with Gasteiger partial charge in [-0.1, -0.05) is 13.8 Å². The standard InChI is InChI=1S/C13H22N4O3S/c1-10(2)9-16-12(18)6-8-17-21(19,20)11-5-4-7-15-13(11)14-3/h4-5,7,10,17H,6,8-9H2,1-3H3,(H,14,15)(H,16,18). The third-order valence-electron chi connectivity index (χ3n) is 2.65. The molecule has 1 rings (SSSR count). The summed E-state index contributed by atoms with van der Waals surface area (Å²) in [5.74, 6) is 0.458. The maximum atomic E-state index is 12.1. The second-order valence-corrected chi connectivity index (χ2v) is 6.68. The molecule has 0 fully saturated rings. The lowest BCUT2D eigenvalue weighted by Gasteiger charge is -2.10. The van der Waals surface area contributed by atoms with Crippen molar-refractivity contribution in [2.45, 2.75) is 25.2 Å². The number of hydrogen-bond acceptors (Lipinski definition) is 5. The number of amides is 1. The summed E-state index contributed by atoms with van der Waals surface area (Å²) in [4.78, 5) is 15.5. The SMILES string of the molecule is CNc1ncccc1S(=O)(=O)NCCC(=O)NCC(C)C. The molecule has 0 aliphatic rings. The molecule has 1 aromatic rings. The van der Waals surface area contributed by atoms with Crippen LogP contribution in [0.25, 0.3) is 0 Å². The van der Waals surface area contributed by atoms with Gasteiger partial charge in [0.15, 0.2) is 0 Å². The molecule has 1 amide bonds. The quantitative estimate of drug-likeness (QED) is 0.651. The number of aromatic nitrogens is 1. The van der Waals surface area contributed by atoms with Crippen LogP contribution in [-0.4, -0.2) is 39.4 Å². The number of rotatable bonds is 8. The molecule has 3 N–H and O–H groups in total. The fourth-order valence-corrected chi connectivity index (χ4v) is 2.77. The zero-order valence-corrected chi connectivity index (χ0v) is 13.3. The topological polar surface area (TPSA) is 100 Å². The number of pyridine rings is 1. The minimum atomic E-state index is -3.68. The molecule has 1 heterocycles. The van der Waals surface area contributed by atoms with Gasteiger partial charge in [-0.15, -0.1) is 0 Å². The zero-order valence-electron chi connectivity index (χ0n) is 12.5. The van der Waals surface area contributed by atoms with Crippen LogP contribution >= 0.6 is 0 Å². The summed E-state index contributed by atoms with van der Waals surface area (Å²) >= 11 is 0. The van der Waals surface area contributed by atoms with Crippen molar-refractivity contribution in [2.75, 3.05) is 25.5 Å². The highest BCUT2D eigenvalue weighted by Gasteiger charge is 2.18. The van der Waals surface area contributed by atoms with Gasteiger partial charge in [0.25, 0.3) is 0 Å². The van der Waals surface area contributed by atoms with E-state index in [2.05, 4.69) is 20.3 Å². The van der Waals surface area contributed by atoms with Crippen molar-refractivity contribution in [2.24, 2.45) is 5.92 Å². The van der Waals surface area contributed by atoms with E-state index < -0.39 is 10.0 Å². The average molecular weight is 314 g/mol. The van der Waals surface area contributed by atoms with Crippen molar-refractivity contribution in [3.05, 3.63) is 18.3 Å². The Balaban J connectivity index is 2.56. The van der Waals surface area contributed by atoms with Gasteiger partial charge in [-0.2, -0.15) is 0 Å². The van der Waals surface area contributed by atoms with Crippen molar-refractivity contribution in [1.29, 1.82) is 0 Å². The molecule has 0 unspecified atom stereocenters. The van der Waals surface area contributed by atoms with E-state index in [1.54, 1.807) is 13.1 Å². The van der Waals surface area contributed by atoms with Gasteiger partial charge in [-0.3, -0.25) is 4.79 Å². The van der Waals surface area contributed by atoms with E-state index in [9.17, 15) is 13.2 Å². The number of nitrogens with zero attached hydrogens (tertiary/aromatic N) is 1. The minimum Gasteiger partial charge on any atom is -0.372 e. The van der Waals surface area contributed by atoms with Crippen molar-refractivity contribution in [3.63, 3.8) is 0 Å². The largest absolute Gasteiger partial charge is 0.372 e. The van der Waals surface area contributed by atoms with Crippen LogP contribution in [0.3, 0.4) is 0 Å². The normalized spacial score (nSPS) is 11.4. The molecule has 8 heteroatoms. The molecule has 0 aliphatic heterocycles. The fourth-order valence-electron chi connectivity index (χ4n) is 1.58. The molecule has 1 aromatic heterocycles. The van der Waals surface area contributed by atoms with E-state index in [0.29, 0.717) is 12.5 Å². The number of carbonyl (C=O) groups is 1. The molecule has 0 aromatic carbocycles. The lowest BCUT2D eigenvalue weighted by atomic mass is 10.2. The maximum absolute atomic E-state index is 12.1. The summed E-state index contributed by atoms with van der Waals surface area (Å²) in [5, 5.41) is 5.46.